The molecule has 0 amide bonds. The van der Waals surface area contributed by atoms with E-state index in [1.807, 2.05) is 49.3 Å². The van der Waals surface area contributed by atoms with Gasteiger partial charge in [-0.2, -0.15) is 0 Å². The molecule has 0 fully saturated rings. The van der Waals surface area contributed by atoms with Gasteiger partial charge in [0.25, 0.3) is 0 Å². The minimum absolute atomic E-state index is 0.702. The van der Waals surface area contributed by atoms with Gasteiger partial charge in [0.05, 0.1) is 60.3 Å². The third-order valence-electron chi connectivity index (χ3n) is 13.7. The summed E-state index contributed by atoms with van der Waals surface area (Å²) >= 11 is 0. The van der Waals surface area contributed by atoms with Gasteiger partial charge in [-0.3, -0.25) is 19.9 Å². The molecule has 0 aliphatic heterocycles. The molecule has 0 aliphatic rings. The number of furan rings is 3. The number of aromatic nitrogens is 7. The highest BCUT2D eigenvalue weighted by Gasteiger charge is 2.27. The summed E-state index contributed by atoms with van der Waals surface area (Å²) < 4.78 is 28.0. The molecule has 10 nitrogen and oxygen atoms in total. The maximum absolute atomic E-state index is 7.06. The van der Waals surface area contributed by atoms with Crippen LogP contribution in [0.1, 0.15) is 0 Å². The van der Waals surface area contributed by atoms with E-state index in [2.05, 4.69) is 151 Å². The van der Waals surface area contributed by atoms with E-state index in [-0.39, 0.29) is 0 Å². The SMILES string of the molecule is c1ccc2c(c1)c1ncccc1n2-c1ccc2oc3c4c5cc(-n6c7ccncc7c7cnccc76)ccc5oc4c4c5cc(-n6c7ccccc7c7ncccc76)ccc5oc4c3c2c1. The molecule has 10 heteroatoms. The van der Waals surface area contributed by atoms with Gasteiger partial charge in [0.2, 0.25) is 0 Å². The quantitative estimate of drug-likeness (QED) is 0.174. The van der Waals surface area contributed by atoms with E-state index < -0.39 is 0 Å². The first kappa shape index (κ1) is 34.2. The van der Waals surface area contributed by atoms with Crippen LogP contribution in [0.15, 0.2) is 190 Å². The van der Waals surface area contributed by atoms with E-state index in [0.29, 0.717) is 16.7 Å². The van der Waals surface area contributed by atoms with Crippen molar-refractivity contribution in [2.45, 2.75) is 0 Å². The van der Waals surface area contributed by atoms with E-state index in [9.17, 15) is 0 Å². The lowest BCUT2D eigenvalue weighted by molar-refractivity contribution is 0.658. The van der Waals surface area contributed by atoms with Crippen LogP contribution in [0.4, 0.5) is 0 Å². The number of benzene rings is 6. The van der Waals surface area contributed by atoms with E-state index >= 15 is 0 Å². The number of para-hydroxylation sites is 2. The van der Waals surface area contributed by atoms with Gasteiger partial charge in [-0.05, 0) is 103 Å². The van der Waals surface area contributed by atoms with Crippen molar-refractivity contribution in [1.82, 2.24) is 33.6 Å². The minimum Gasteiger partial charge on any atom is -0.455 e. The summed E-state index contributed by atoms with van der Waals surface area (Å²) in [5.41, 5.74) is 15.5. The first-order chi connectivity index (χ1) is 32.7. The molecule has 0 bridgehead atoms. The summed E-state index contributed by atoms with van der Waals surface area (Å²) in [5, 5.41) is 9.71. The van der Waals surface area contributed by atoms with Crippen LogP contribution in [-0.2, 0) is 0 Å². The van der Waals surface area contributed by atoms with Crippen LogP contribution in [0.5, 0.6) is 0 Å². The monoisotopic (exact) mass is 847 g/mol. The molecule has 0 unspecified atom stereocenters. The van der Waals surface area contributed by atoms with Crippen molar-refractivity contribution in [3.05, 3.63) is 177 Å². The fourth-order valence-electron chi connectivity index (χ4n) is 11.0. The number of rotatable bonds is 3. The summed E-state index contributed by atoms with van der Waals surface area (Å²) in [6, 6.07) is 48.5. The van der Waals surface area contributed by atoms with Gasteiger partial charge in [0.1, 0.15) is 16.7 Å². The molecule has 306 valence electrons. The molecule has 66 heavy (non-hydrogen) atoms. The van der Waals surface area contributed by atoms with Crippen molar-refractivity contribution in [1.29, 1.82) is 0 Å². The van der Waals surface area contributed by atoms with Gasteiger partial charge in [0, 0.05) is 91.9 Å². The third-order valence-corrected chi connectivity index (χ3v) is 13.7. The summed E-state index contributed by atoms with van der Waals surface area (Å²) in [6.45, 7) is 0. The van der Waals surface area contributed by atoms with E-state index in [1.54, 1.807) is 0 Å². The number of hydrogen-bond acceptors (Lipinski definition) is 7. The largest absolute Gasteiger partial charge is 0.455 e. The molecule has 10 aromatic heterocycles. The second kappa shape index (κ2) is 12.2. The molecule has 0 saturated carbocycles. The molecule has 16 rings (SSSR count). The van der Waals surface area contributed by atoms with Crippen LogP contribution >= 0.6 is 0 Å². The number of nitrogens with zero attached hydrogens (tertiary/aromatic N) is 7. The van der Waals surface area contributed by atoms with Gasteiger partial charge >= 0.3 is 0 Å². The second-order valence-corrected chi connectivity index (χ2v) is 17.0. The van der Waals surface area contributed by atoms with Crippen LogP contribution < -0.4 is 0 Å². The lowest BCUT2D eigenvalue weighted by Gasteiger charge is -2.08. The lowest BCUT2D eigenvalue weighted by atomic mass is 10.0. The average molecular weight is 848 g/mol. The smallest absolute Gasteiger partial charge is 0.150 e. The standard InChI is InChI=1S/C56H29N7O3/c1-3-9-40-33(7-1)52-44(11-5-21-59-52)62(40)31-14-17-47-36(26-31)51-55(65-47)49-35-25-30(61-42-19-23-57-28-38(42)39-29-58-24-20-43(39)61)13-16-46(35)64-54(49)50-37-27-32(15-18-48(37)66-56(50)51)63-41-10-4-2-8-34(41)53-45(63)12-6-22-60-53/h1-29H. The Morgan fingerprint density at radius 2 is 0.697 bits per heavy atom. The molecular weight excluding hydrogens is 819 g/mol. The summed E-state index contributed by atoms with van der Waals surface area (Å²) in [5.74, 6) is 0. The molecule has 0 saturated heterocycles. The predicted molar refractivity (Wildman–Crippen MR) is 262 cm³/mol. The molecule has 6 aromatic carbocycles. The topological polar surface area (TPSA) is 106 Å². The Morgan fingerprint density at radius 3 is 1.14 bits per heavy atom. The Hall–Kier alpha value is -9.28. The van der Waals surface area contributed by atoms with Gasteiger partial charge in [0.15, 0.2) is 16.7 Å². The van der Waals surface area contributed by atoms with Crippen LogP contribution in [0, 0.1) is 0 Å². The Kier molecular flexibility index (Phi) is 6.35. The van der Waals surface area contributed by atoms with Gasteiger partial charge in [-0.1, -0.05) is 36.4 Å². The first-order valence-corrected chi connectivity index (χ1v) is 21.8. The zero-order valence-electron chi connectivity index (χ0n) is 34.6. The van der Waals surface area contributed by atoms with Crippen molar-refractivity contribution < 1.29 is 13.3 Å². The summed E-state index contributed by atoms with van der Waals surface area (Å²) in [4.78, 5) is 18.6. The van der Waals surface area contributed by atoms with Gasteiger partial charge in [-0.15, -0.1) is 0 Å². The zero-order chi connectivity index (χ0) is 42.8. The number of fused-ring (bicyclic) bond motifs is 21. The number of hydrogen-bond donors (Lipinski definition) is 0. The molecule has 0 aliphatic carbocycles. The van der Waals surface area contributed by atoms with Crippen LogP contribution in [-0.4, -0.2) is 33.6 Å². The Balaban J connectivity index is 1.04. The fraction of sp³-hybridized carbons (Fsp3) is 0. The molecular formula is C56H29N7O3. The molecule has 16 aromatic rings. The van der Waals surface area contributed by atoms with Gasteiger partial charge < -0.3 is 27.0 Å². The van der Waals surface area contributed by atoms with E-state index in [1.165, 1.54) is 0 Å². The maximum Gasteiger partial charge on any atom is 0.150 e. The lowest BCUT2D eigenvalue weighted by Crippen LogP contribution is -1.93. The van der Waals surface area contributed by atoms with Crippen LogP contribution in [0.2, 0.25) is 0 Å². The Bertz CT molecular complexity index is 4120. The van der Waals surface area contributed by atoms with E-state index in [4.69, 9.17) is 23.2 Å². The summed E-state index contributed by atoms with van der Waals surface area (Å²) in [7, 11) is 0. The van der Waals surface area contributed by atoms with Crippen molar-refractivity contribution in [3.8, 4) is 17.1 Å². The average Bonchev–Trinajstić information content (AvgIpc) is 4.22. The van der Waals surface area contributed by atoms with Crippen LogP contribution in [0.3, 0.4) is 0 Å². The van der Waals surface area contributed by atoms with Crippen molar-refractivity contribution in [3.63, 3.8) is 0 Å². The summed E-state index contributed by atoms with van der Waals surface area (Å²) in [6.07, 6.45) is 11.2. The highest BCUT2D eigenvalue weighted by Crippen LogP contribution is 2.49. The molecule has 10 heterocycles. The molecule has 0 atom stereocenters. The molecule has 0 spiro atoms. The highest BCUT2D eigenvalue weighted by molar-refractivity contribution is 6.36. The maximum atomic E-state index is 7.06. The highest BCUT2D eigenvalue weighted by atomic mass is 16.4. The van der Waals surface area contributed by atoms with Gasteiger partial charge in [-0.25, -0.2) is 0 Å². The molecule has 0 radical (unpaired) electrons. The second-order valence-electron chi connectivity index (χ2n) is 17.0. The minimum atomic E-state index is 0.702. The normalized spacial score (nSPS) is 12.5. The first-order valence-electron chi connectivity index (χ1n) is 21.8. The Labute approximate surface area is 370 Å². The van der Waals surface area contributed by atoms with Crippen molar-refractivity contribution >= 4 is 131 Å². The van der Waals surface area contributed by atoms with Crippen LogP contribution in [0.25, 0.3) is 149 Å². The predicted octanol–water partition coefficient (Wildman–Crippen LogP) is 14.3. The third kappa shape index (κ3) is 4.30. The fourth-order valence-corrected chi connectivity index (χ4v) is 11.0. The van der Waals surface area contributed by atoms with Crippen molar-refractivity contribution in [2.24, 2.45) is 0 Å². The number of pyridine rings is 4. The Morgan fingerprint density at radius 1 is 0.318 bits per heavy atom. The van der Waals surface area contributed by atoms with E-state index in [0.717, 1.165) is 132 Å². The molecule has 0 N–H and O–H groups in total. The zero-order valence-corrected chi connectivity index (χ0v) is 34.6. The van der Waals surface area contributed by atoms with Crippen molar-refractivity contribution in [2.75, 3.05) is 0 Å².